The van der Waals surface area contributed by atoms with E-state index in [2.05, 4.69) is 15.3 Å². The summed E-state index contributed by atoms with van der Waals surface area (Å²) in [5.74, 6) is 0.828. The lowest BCUT2D eigenvalue weighted by Crippen LogP contribution is -2.39. The van der Waals surface area contributed by atoms with Gasteiger partial charge in [-0.3, -0.25) is 10.2 Å². The van der Waals surface area contributed by atoms with Crippen LogP contribution in [0.4, 0.5) is 16.4 Å². The van der Waals surface area contributed by atoms with E-state index in [1.807, 2.05) is 18.2 Å². The molecule has 140 valence electrons. The highest BCUT2D eigenvalue weighted by atomic mass is 35.5. The van der Waals surface area contributed by atoms with E-state index in [9.17, 15) is 4.79 Å². The lowest BCUT2D eigenvalue weighted by molar-refractivity contribution is -0.108. The Kier molecular flexibility index (Phi) is 5.86. The minimum Gasteiger partial charge on any atom is -0.350 e. The second kappa shape index (κ2) is 8.31. The molecule has 2 amide bonds. The first kappa shape index (κ1) is 19.0. The number of rotatable bonds is 4. The summed E-state index contributed by atoms with van der Waals surface area (Å²) < 4.78 is 10.5. The molecule has 0 unspecified atom stereocenters. The summed E-state index contributed by atoms with van der Waals surface area (Å²) >= 11 is 6.00. The molecule has 0 aliphatic carbocycles. The van der Waals surface area contributed by atoms with Gasteiger partial charge in [-0.15, -0.1) is 0 Å². The van der Waals surface area contributed by atoms with Gasteiger partial charge in [-0.05, 0) is 24.5 Å². The largest absolute Gasteiger partial charge is 0.350 e. The first-order valence-corrected chi connectivity index (χ1v) is 8.64. The number of halogens is 1. The Labute approximate surface area is 161 Å². The maximum absolute atomic E-state index is 12.8. The van der Waals surface area contributed by atoms with Crippen molar-refractivity contribution in [2.45, 2.75) is 19.1 Å². The lowest BCUT2D eigenvalue weighted by atomic mass is 10.1. The van der Waals surface area contributed by atoms with Crippen LogP contribution in [0, 0.1) is 11.3 Å². The van der Waals surface area contributed by atoms with E-state index in [-0.39, 0.29) is 22.4 Å². The van der Waals surface area contributed by atoms with Crippen molar-refractivity contribution in [3.05, 3.63) is 46.2 Å². The van der Waals surface area contributed by atoms with Gasteiger partial charge in [0.2, 0.25) is 6.29 Å². The first-order chi connectivity index (χ1) is 13.1. The molecule has 0 fully saturated rings. The molecule has 1 N–H and O–H groups in total. The number of nitriles is 1. The first-order valence-electron chi connectivity index (χ1n) is 8.27. The fraction of sp³-hybridized carbons (Fsp3) is 0.333. The minimum absolute atomic E-state index is 0.227. The molecular formula is C18H18ClN5O3. The van der Waals surface area contributed by atoms with Gasteiger partial charge in [-0.2, -0.15) is 5.26 Å². The number of carbonyl (C=O) groups excluding carboxylic acids is 1. The van der Waals surface area contributed by atoms with Crippen molar-refractivity contribution in [1.82, 2.24) is 9.97 Å². The van der Waals surface area contributed by atoms with Crippen molar-refractivity contribution >= 4 is 29.3 Å². The van der Waals surface area contributed by atoms with Crippen molar-refractivity contribution in [1.29, 1.82) is 5.26 Å². The van der Waals surface area contributed by atoms with Crippen LogP contribution in [0.3, 0.4) is 0 Å². The molecule has 3 heterocycles. The third-order valence-corrected chi connectivity index (χ3v) is 4.50. The monoisotopic (exact) mass is 387 g/mol. The van der Waals surface area contributed by atoms with Gasteiger partial charge < -0.3 is 9.47 Å². The third-order valence-electron chi connectivity index (χ3n) is 4.18. The van der Waals surface area contributed by atoms with E-state index >= 15 is 0 Å². The summed E-state index contributed by atoms with van der Waals surface area (Å²) in [4.78, 5) is 23.0. The van der Waals surface area contributed by atoms with Crippen LogP contribution in [0.1, 0.15) is 29.5 Å². The van der Waals surface area contributed by atoms with Gasteiger partial charge in [-0.1, -0.05) is 17.7 Å². The highest BCUT2D eigenvalue weighted by Gasteiger charge is 2.26. The Balaban J connectivity index is 1.86. The average molecular weight is 388 g/mol. The predicted molar refractivity (Wildman–Crippen MR) is 99.6 cm³/mol. The smallest absolute Gasteiger partial charge is 0.328 e. The van der Waals surface area contributed by atoms with E-state index in [1.54, 1.807) is 4.90 Å². The quantitative estimate of drug-likeness (QED) is 0.808. The minimum atomic E-state index is -0.610. The Bertz CT molecular complexity index is 895. The fourth-order valence-electron chi connectivity index (χ4n) is 2.88. The molecule has 1 aliphatic rings. The molecule has 8 nitrogen and oxygen atoms in total. The Hall–Kier alpha value is -2.73. The van der Waals surface area contributed by atoms with Gasteiger partial charge in [0.15, 0.2) is 0 Å². The summed E-state index contributed by atoms with van der Waals surface area (Å²) in [7, 11) is 3.06. The van der Waals surface area contributed by atoms with Crippen LogP contribution >= 0.6 is 11.6 Å². The zero-order valence-electron chi connectivity index (χ0n) is 14.9. The highest BCUT2D eigenvalue weighted by molar-refractivity contribution is 6.32. The van der Waals surface area contributed by atoms with E-state index < -0.39 is 6.29 Å². The second-order valence-electron chi connectivity index (χ2n) is 5.87. The number of nitrogens with zero attached hydrogens (tertiary/aromatic N) is 4. The molecule has 0 bridgehead atoms. The predicted octanol–water partition coefficient (Wildman–Crippen LogP) is 3.28. The third kappa shape index (κ3) is 4.01. The fourth-order valence-corrected chi connectivity index (χ4v) is 3.07. The number of aromatic nitrogens is 2. The van der Waals surface area contributed by atoms with Crippen molar-refractivity contribution in [3.8, 4) is 6.07 Å². The molecule has 0 saturated heterocycles. The van der Waals surface area contributed by atoms with E-state index in [4.69, 9.17) is 26.3 Å². The van der Waals surface area contributed by atoms with E-state index in [0.717, 1.165) is 18.4 Å². The molecule has 3 rings (SSSR count). The van der Waals surface area contributed by atoms with Crippen LogP contribution in [-0.4, -0.2) is 36.8 Å². The number of carbonyl (C=O) groups is 1. The van der Waals surface area contributed by atoms with Crippen molar-refractivity contribution in [2.75, 3.05) is 31.0 Å². The molecule has 0 atom stereocenters. The van der Waals surface area contributed by atoms with Crippen LogP contribution < -0.4 is 10.2 Å². The number of nitrogens with one attached hydrogen (secondary N) is 1. The molecule has 2 aromatic rings. The second-order valence-corrected chi connectivity index (χ2v) is 6.28. The standard InChI is InChI=1S/C18H18ClN5O3/c1-26-17(27-2)14-6-5-11-4-3-7-24(16(11)22-14)18(25)23-15-8-13(19)12(9-20)10-21-15/h5-6,8,10,17H,3-4,7H2,1-2H3,(H,21,23,25). The van der Waals surface area contributed by atoms with Crippen molar-refractivity contribution in [3.63, 3.8) is 0 Å². The van der Waals surface area contributed by atoms with Crippen LogP contribution in [0.5, 0.6) is 0 Å². The number of hydrogen-bond donors (Lipinski definition) is 1. The number of ether oxygens (including phenoxy) is 2. The number of fused-ring (bicyclic) bond motifs is 1. The van der Waals surface area contributed by atoms with Crippen LogP contribution in [0.25, 0.3) is 0 Å². The summed E-state index contributed by atoms with van der Waals surface area (Å²) in [5, 5.41) is 11.8. The van der Waals surface area contributed by atoms with Crippen molar-refractivity contribution < 1.29 is 14.3 Å². The molecule has 0 aromatic carbocycles. The molecule has 0 spiro atoms. The molecule has 0 saturated carbocycles. The molecule has 2 aromatic heterocycles. The topological polar surface area (TPSA) is 100 Å². The number of hydrogen-bond acceptors (Lipinski definition) is 6. The van der Waals surface area contributed by atoms with Gasteiger partial charge in [0, 0.05) is 33.0 Å². The normalized spacial score (nSPS) is 13.2. The van der Waals surface area contributed by atoms with Gasteiger partial charge in [0.25, 0.3) is 0 Å². The zero-order chi connectivity index (χ0) is 19.4. The van der Waals surface area contributed by atoms with Gasteiger partial charge in [-0.25, -0.2) is 14.8 Å². The highest BCUT2D eigenvalue weighted by Crippen LogP contribution is 2.28. The zero-order valence-corrected chi connectivity index (χ0v) is 15.7. The van der Waals surface area contributed by atoms with Crippen LogP contribution in [0.15, 0.2) is 24.4 Å². The summed E-state index contributed by atoms with van der Waals surface area (Å²) in [5.41, 5.74) is 1.80. The van der Waals surface area contributed by atoms with Gasteiger partial charge >= 0.3 is 6.03 Å². The number of amides is 2. The Morgan fingerprint density at radius 1 is 1.41 bits per heavy atom. The van der Waals surface area contributed by atoms with E-state index in [0.29, 0.717) is 18.1 Å². The van der Waals surface area contributed by atoms with Crippen LogP contribution in [0.2, 0.25) is 5.02 Å². The number of pyridine rings is 2. The van der Waals surface area contributed by atoms with Gasteiger partial charge in [0.05, 0.1) is 16.3 Å². The SMILES string of the molecule is COC(OC)c1ccc2c(n1)N(C(=O)Nc1cc(Cl)c(C#N)cn1)CCC2. The lowest BCUT2D eigenvalue weighted by Gasteiger charge is -2.29. The summed E-state index contributed by atoms with van der Waals surface area (Å²) in [6.07, 6.45) is 2.36. The molecule has 1 aliphatic heterocycles. The number of methoxy groups -OCH3 is 2. The Morgan fingerprint density at radius 3 is 2.85 bits per heavy atom. The summed E-state index contributed by atoms with van der Waals surface area (Å²) in [6.45, 7) is 0.518. The number of urea groups is 1. The van der Waals surface area contributed by atoms with E-state index in [1.165, 1.54) is 26.5 Å². The molecule has 9 heteroatoms. The average Bonchev–Trinajstić information content (AvgIpc) is 2.68. The summed E-state index contributed by atoms with van der Waals surface area (Å²) in [6, 6.07) is 6.76. The molecule has 27 heavy (non-hydrogen) atoms. The maximum Gasteiger partial charge on any atom is 0.328 e. The maximum atomic E-state index is 12.8. The molecule has 0 radical (unpaired) electrons. The molecular weight excluding hydrogens is 370 g/mol. The van der Waals surface area contributed by atoms with Crippen LogP contribution in [-0.2, 0) is 15.9 Å². The van der Waals surface area contributed by atoms with Crippen molar-refractivity contribution in [2.24, 2.45) is 0 Å². The van der Waals surface area contributed by atoms with Gasteiger partial charge in [0.1, 0.15) is 17.7 Å². The number of anilines is 2. The number of aryl methyl sites for hydroxylation is 1. The Morgan fingerprint density at radius 2 is 2.19 bits per heavy atom.